The molecule has 0 aromatic heterocycles. The Labute approximate surface area is 230 Å². The van der Waals surface area contributed by atoms with E-state index in [1.807, 2.05) is 0 Å². The van der Waals surface area contributed by atoms with Gasteiger partial charge in [-0.15, -0.1) is 19.1 Å². The third-order valence-corrected chi connectivity index (χ3v) is 11.0. The molecule has 0 aliphatic heterocycles. The van der Waals surface area contributed by atoms with E-state index in [-0.39, 0.29) is 64.0 Å². The zero-order valence-electron chi connectivity index (χ0n) is 19.9. The Morgan fingerprint density at radius 2 is 1.25 bits per heavy atom. The third kappa shape index (κ3) is 5.98. The molecule has 4 rings (SSSR count). The summed E-state index contributed by atoms with van der Waals surface area (Å²) < 4.78 is 0. The van der Waals surface area contributed by atoms with Crippen LogP contribution in [0, 0.1) is 39.5 Å². The first kappa shape index (κ1) is 31.6. The Morgan fingerprint density at radius 3 is 1.66 bits per heavy atom. The Morgan fingerprint density at radius 1 is 0.812 bits per heavy atom. The molecule has 0 amide bonds. The number of aryl methyl sites for hydroxylation is 4. The molecule has 0 bridgehead atoms. The van der Waals surface area contributed by atoms with E-state index in [4.69, 9.17) is 0 Å². The van der Waals surface area contributed by atoms with Crippen molar-refractivity contribution in [1.29, 1.82) is 0 Å². The monoisotopic (exact) mass is 538 g/mol. The van der Waals surface area contributed by atoms with Crippen molar-refractivity contribution in [1.82, 2.24) is 0 Å². The number of fused-ring (bicyclic) bond motifs is 1. The summed E-state index contributed by atoms with van der Waals surface area (Å²) in [6.07, 6.45) is 9.53. The van der Waals surface area contributed by atoms with E-state index in [2.05, 4.69) is 96.2 Å². The molecular formula is C27H33Cl3SiTi. The molecular weight excluding hydrogens is 507 g/mol. The molecule has 0 N–H and O–H groups in total. The first-order valence-corrected chi connectivity index (χ1v) is 12.4. The fraction of sp³-hybridized carbons (Fsp3) is 0.370. The van der Waals surface area contributed by atoms with Gasteiger partial charge in [-0.1, -0.05) is 87.4 Å². The molecule has 0 radical (unpaired) electrons. The molecule has 170 valence electrons. The maximum absolute atomic E-state index is 2.58. The topological polar surface area (TPSA) is 0 Å². The van der Waals surface area contributed by atoms with Gasteiger partial charge in [-0.25, -0.2) is 17.6 Å². The number of hydrogen-bond acceptors (Lipinski definition) is 0. The van der Waals surface area contributed by atoms with Gasteiger partial charge in [0.2, 0.25) is 0 Å². The van der Waals surface area contributed by atoms with Crippen LogP contribution in [0.1, 0.15) is 48.9 Å². The summed E-state index contributed by atoms with van der Waals surface area (Å²) in [5.74, 6) is 2.36. The van der Waals surface area contributed by atoms with Crippen LogP contribution >= 0.6 is 0 Å². The quantitative estimate of drug-likeness (QED) is 0.281. The van der Waals surface area contributed by atoms with E-state index in [0.29, 0.717) is 5.92 Å². The SMILES string of the molecule is Cc1cc(C)cc([SiH](c2cc(C)cc(C)c2)C2(C)CC3CC=CC=C3[C-]2C)c1.[Cl-].[Cl-].[Cl-].[Ti+4]. The van der Waals surface area contributed by atoms with Crippen molar-refractivity contribution in [2.45, 2.75) is 59.4 Å². The van der Waals surface area contributed by atoms with E-state index < -0.39 is 8.80 Å². The number of halogens is 3. The van der Waals surface area contributed by atoms with Crippen molar-refractivity contribution in [3.63, 3.8) is 0 Å². The minimum Gasteiger partial charge on any atom is -1.00 e. The molecule has 2 atom stereocenters. The summed E-state index contributed by atoms with van der Waals surface area (Å²) in [7, 11) is -1.47. The molecule has 0 spiro atoms. The molecule has 0 heterocycles. The Hall–Kier alpha value is -0.409. The van der Waals surface area contributed by atoms with Crippen LogP contribution in [0.2, 0.25) is 5.04 Å². The molecule has 5 heteroatoms. The molecule has 1 fully saturated rings. The van der Waals surface area contributed by atoms with Crippen molar-refractivity contribution in [3.8, 4) is 0 Å². The number of hydrogen-bond donors (Lipinski definition) is 0. The first-order valence-electron chi connectivity index (χ1n) is 10.7. The molecule has 2 aliphatic rings. The maximum Gasteiger partial charge on any atom is 4.00 e. The van der Waals surface area contributed by atoms with Crippen LogP contribution < -0.4 is 47.6 Å². The standard InChI is InChI=1S/C27H33Si.3ClH.Ti/c1-18-11-19(2)14-24(13-18)28(25-15-20(3)12-21(4)16-25)27(6)17-23-9-7-8-10-26(23)22(27)5;;;;/h7-8,10-16,23,28H,9,17H2,1-6H3;3*1H;/q-1;;;;+4/p-3. The van der Waals surface area contributed by atoms with Crippen LogP contribution in [-0.4, -0.2) is 8.80 Å². The first-order chi connectivity index (χ1) is 13.3. The van der Waals surface area contributed by atoms with Gasteiger partial charge in [-0.05, 0) is 40.0 Å². The van der Waals surface area contributed by atoms with E-state index in [9.17, 15) is 0 Å². The number of rotatable bonds is 3. The van der Waals surface area contributed by atoms with Gasteiger partial charge in [0.1, 0.15) is 0 Å². The zero-order valence-corrected chi connectivity index (χ0v) is 24.9. The molecule has 2 aromatic carbocycles. The molecule has 0 saturated heterocycles. The Kier molecular flexibility index (Phi) is 12.2. The fourth-order valence-corrected chi connectivity index (χ4v) is 10.6. The maximum atomic E-state index is 2.58. The second-order valence-electron chi connectivity index (χ2n) is 9.50. The van der Waals surface area contributed by atoms with E-state index in [1.54, 1.807) is 21.9 Å². The van der Waals surface area contributed by atoms with Crippen molar-refractivity contribution < 1.29 is 58.9 Å². The van der Waals surface area contributed by atoms with Gasteiger partial charge in [0.25, 0.3) is 0 Å². The van der Waals surface area contributed by atoms with Crippen LogP contribution in [-0.2, 0) is 21.7 Å². The minimum absolute atomic E-state index is 0. The van der Waals surface area contributed by atoms with Gasteiger partial charge in [-0.3, -0.25) is 0 Å². The summed E-state index contributed by atoms with van der Waals surface area (Å²) >= 11 is 0. The molecule has 2 aliphatic carbocycles. The van der Waals surface area contributed by atoms with E-state index in [1.165, 1.54) is 35.1 Å². The molecule has 2 aromatic rings. The van der Waals surface area contributed by atoms with Crippen molar-refractivity contribution in [2.24, 2.45) is 5.92 Å². The van der Waals surface area contributed by atoms with Crippen LogP contribution in [0.5, 0.6) is 0 Å². The molecule has 1 saturated carbocycles. The van der Waals surface area contributed by atoms with Gasteiger partial charge in [-0.2, -0.15) is 0 Å². The van der Waals surface area contributed by atoms with Gasteiger partial charge in [0.05, 0.1) is 8.80 Å². The van der Waals surface area contributed by atoms with Crippen LogP contribution in [0.25, 0.3) is 0 Å². The minimum atomic E-state index is -1.47. The van der Waals surface area contributed by atoms with Crippen molar-refractivity contribution >= 4 is 19.2 Å². The smallest absolute Gasteiger partial charge is 1.00 e. The van der Waals surface area contributed by atoms with Gasteiger partial charge >= 0.3 is 21.7 Å². The number of allylic oxidation sites excluding steroid dienone is 4. The van der Waals surface area contributed by atoms with Crippen LogP contribution in [0.4, 0.5) is 0 Å². The summed E-state index contributed by atoms with van der Waals surface area (Å²) in [5.41, 5.74) is 7.21. The van der Waals surface area contributed by atoms with Gasteiger partial charge in [0.15, 0.2) is 0 Å². The van der Waals surface area contributed by atoms with Crippen LogP contribution in [0.15, 0.2) is 60.2 Å². The van der Waals surface area contributed by atoms with Crippen molar-refractivity contribution in [3.05, 3.63) is 88.4 Å². The fourth-order valence-electron chi connectivity index (χ4n) is 5.91. The summed E-state index contributed by atoms with van der Waals surface area (Å²) in [5, 5.41) is 3.50. The van der Waals surface area contributed by atoms with Gasteiger partial charge < -0.3 is 37.2 Å². The van der Waals surface area contributed by atoms with Gasteiger partial charge in [0, 0.05) is 0 Å². The zero-order chi connectivity index (χ0) is 20.1. The Bertz CT molecular complexity index is 893. The predicted molar refractivity (Wildman–Crippen MR) is 125 cm³/mol. The van der Waals surface area contributed by atoms with Crippen LogP contribution in [0.3, 0.4) is 0 Å². The third-order valence-electron chi connectivity index (χ3n) is 7.02. The second kappa shape index (κ2) is 12.3. The normalized spacial score (nSPS) is 20.9. The summed E-state index contributed by atoms with van der Waals surface area (Å²) in [6, 6.07) is 14.6. The predicted octanol–water partition coefficient (Wildman–Crippen LogP) is -3.47. The molecule has 0 nitrogen and oxygen atoms in total. The molecule has 32 heavy (non-hydrogen) atoms. The van der Waals surface area contributed by atoms with E-state index >= 15 is 0 Å². The average Bonchev–Trinajstić information content (AvgIpc) is 2.85. The average molecular weight is 540 g/mol. The largest absolute Gasteiger partial charge is 4.00 e. The number of benzene rings is 2. The Balaban J connectivity index is 0.00000240. The van der Waals surface area contributed by atoms with Crippen molar-refractivity contribution in [2.75, 3.05) is 0 Å². The summed E-state index contributed by atoms with van der Waals surface area (Å²) in [4.78, 5) is 0. The summed E-state index contributed by atoms with van der Waals surface area (Å²) in [6.45, 7) is 14.0. The second-order valence-corrected chi connectivity index (χ2v) is 13.0. The molecule has 2 unspecified atom stereocenters. The van der Waals surface area contributed by atoms with E-state index in [0.717, 1.165) is 0 Å².